The molecule has 3 heterocycles. The number of H-pyrrole nitrogens is 1. The first-order chi connectivity index (χ1) is 12.1. The first-order valence-corrected chi connectivity index (χ1v) is 9.21. The lowest BCUT2D eigenvalue weighted by Gasteiger charge is -2.44. The third-order valence-electron chi connectivity index (χ3n) is 6.04. The fourth-order valence-electron chi connectivity index (χ4n) is 4.64. The number of aryl methyl sites for hydroxylation is 1. The van der Waals surface area contributed by atoms with Crippen LogP contribution in [0, 0.1) is 12.8 Å². The van der Waals surface area contributed by atoms with Crippen molar-refractivity contribution < 1.29 is 4.79 Å². The van der Waals surface area contributed by atoms with E-state index in [2.05, 4.69) is 52.4 Å². The molecule has 2 aliphatic heterocycles. The van der Waals surface area contributed by atoms with E-state index in [1.165, 1.54) is 5.56 Å². The molecule has 2 aromatic rings. The van der Waals surface area contributed by atoms with Gasteiger partial charge in [-0.15, -0.1) is 0 Å². The number of amides is 1. The van der Waals surface area contributed by atoms with E-state index in [1.54, 1.807) is 0 Å². The molecule has 0 unspecified atom stereocenters. The van der Waals surface area contributed by atoms with E-state index < -0.39 is 0 Å². The Hall–Kier alpha value is -2.14. The Balaban J connectivity index is 1.60. The molecule has 0 saturated carbocycles. The van der Waals surface area contributed by atoms with Crippen LogP contribution in [-0.4, -0.2) is 58.6 Å². The Labute approximate surface area is 149 Å². The topological polar surface area (TPSA) is 52.2 Å². The second kappa shape index (κ2) is 6.30. The van der Waals surface area contributed by atoms with Crippen LogP contribution in [0.5, 0.6) is 0 Å². The van der Waals surface area contributed by atoms with Crippen LogP contribution in [0.25, 0.3) is 0 Å². The third-order valence-corrected chi connectivity index (χ3v) is 6.04. The van der Waals surface area contributed by atoms with Crippen LogP contribution < -0.4 is 0 Å². The van der Waals surface area contributed by atoms with Crippen LogP contribution in [0.1, 0.15) is 35.1 Å². The number of hydrogen-bond donors (Lipinski definition) is 1. The van der Waals surface area contributed by atoms with Crippen LogP contribution in [0.15, 0.2) is 36.4 Å². The number of aromatic amines is 1. The zero-order chi connectivity index (χ0) is 17.4. The summed E-state index contributed by atoms with van der Waals surface area (Å²) in [6.07, 6.45) is 1.02. The molecule has 5 nitrogen and oxygen atoms in total. The number of fused-ring (bicyclic) bond motifs is 1. The first-order valence-electron chi connectivity index (χ1n) is 9.21. The lowest BCUT2D eigenvalue weighted by molar-refractivity contribution is 0.0597. The molecule has 1 amide bonds. The largest absolute Gasteiger partial charge is 0.337 e. The van der Waals surface area contributed by atoms with Crippen LogP contribution in [0.2, 0.25) is 0 Å². The summed E-state index contributed by atoms with van der Waals surface area (Å²) in [5.74, 6) is 0.536. The van der Waals surface area contributed by atoms with Gasteiger partial charge in [0, 0.05) is 43.2 Å². The highest BCUT2D eigenvalue weighted by Crippen LogP contribution is 2.45. The number of likely N-dealkylation sites (tertiary alicyclic amines) is 2. The number of carbonyl (C=O) groups is 1. The van der Waals surface area contributed by atoms with Gasteiger partial charge in [0.15, 0.2) is 0 Å². The molecule has 4 rings (SSSR count). The summed E-state index contributed by atoms with van der Waals surface area (Å²) in [4.78, 5) is 17.4. The predicted molar refractivity (Wildman–Crippen MR) is 97.6 cm³/mol. The molecule has 2 fully saturated rings. The summed E-state index contributed by atoms with van der Waals surface area (Å²) in [6.45, 7) is 9.00. The normalized spacial score (nSPS) is 26.6. The maximum absolute atomic E-state index is 12.8. The number of likely N-dealkylation sites (N-methyl/N-ethyl adjacent to an activating group) is 1. The maximum Gasteiger partial charge on any atom is 0.274 e. The number of hydrogen-bond acceptors (Lipinski definition) is 3. The molecular formula is C20H26N4O. The number of nitrogens with zero attached hydrogens (tertiary/aromatic N) is 3. The molecule has 25 heavy (non-hydrogen) atoms. The zero-order valence-corrected chi connectivity index (χ0v) is 15.0. The smallest absolute Gasteiger partial charge is 0.274 e. The molecule has 0 bridgehead atoms. The van der Waals surface area contributed by atoms with Crippen molar-refractivity contribution in [1.82, 2.24) is 20.0 Å². The fraction of sp³-hybridized carbons (Fsp3) is 0.500. The molecule has 0 radical (unpaired) electrons. The van der Waals surface area contributed by atoms with Gasteiger partial charge < -0.3 is 9.80 Å². The minimum Gasteiger partial charge on any atom is -0.337 e. The monoisotopic (exact) mass is 338 g/mol. The molecule has 1 N–H and O–H groups in total. The molecule has 0 aliphatic carbocycles. The Kier molecular flexibility index (Phi) is 4.12. The van der Waals surface area contributed by atoms with Gasteiger partial charge in [0.25, 0.3) is 5.91 Å². The number of piperidine rings is 1. The van der Waals surface area contributed by atoms with E-state index >= 15 is 0 Å². The third kappa shape index (κ3) is 2.76. The van der Waals surface area contributed by atoms with Crippen molar-refractivity contribution in [2.75, 3.05) is 32.7 Å². The number of nitrogens with one attached hydrogen (secondary N) is 1. The van der Waals surface area contributed by atoms with Crippen molar-refractivity contribution in [2.24, 2.45) is 5.92 Å². The SMILES string of the molecule is CCN1C[C@@H]2CN(C(=O)c3cc(C)[nH]n3)CC[C@@]2(c2ccccc2)C1. The van der Waals surface area contributed by atoms with Gasteiger partial charge in [-0.2, -0.15) is 5.10 Å². The molecule has 5 heteroatoms. The van der Waals surface area contributed by atoms with Gasteiger partial charge in [-0.05, 0) is 31.5 Å². The van der Waals surface area contributed by atoms with Gasteiger partial charge in [-0.3, -0.25) is 9.89 Å². The molecule has 2 aliphatic rings. The number of aromatic nitrogens is 2. The molecule has 132 valence electrons. The van der Waals surface area contributed by atoms with Gasteiger partial charge in [0.05, 0.1) is 0 Å². The standard InChI is InChI=1S/C20H26N4O/c1-3-23-12-17-13-24(19(25)18-11-15(2)21-22-18)10-9-20(17,14-23)16-7-5-4-6-8-16/h4-8,11,17H,3,9-10,12-14H2,1-2H3,(H,21,22)/t17-,20+/m1/s1. The van der Waals surface area contributed by atoms with Gasteiger partial charge in [0.1, 0.15) is 5.69 Å². The Morgan fingerprint density at radius 1 is 1.32 bits per heavy atom. The van der Waals surface area contributed by atoms with E-state index in [1.807, 2.05) is 17.9 Å². The summed E-state index contributed by atoms with van der Waals surface area (Å²) in [5.41, 5.74) is 3.07. The summed E-state index contributed by atoms with van der Waals surface area (Å²) in [5, 5.41) is 7.04. The summed E-state index contributed by atoms with van der Waals surface area (Å²) in [7, 11) is 0. The summed E-state index contributed by atoms with van der Waals surface area (Å²) < 4.78 is 0. The van der Waals surface area contributed by atoms with Crippen LogP contribution in [-0.2, 0) is 5.41 Å². The van der Waals surface area contributed by atoms with Crippen LogP contribution in [0.3, 0.4) is 0 Å². The molecule has 1 aromatic carbocycles. The molecule has 2 atom stereocenters. The summed E-state index contributed by atoms with van der Waals surface area (Å²) >= 11 is 0. The highest BCUT2D eigenvalue weighted by molar-refractivity contribution is 5.92. The van der Waals surface area contributed by atoms with Crippen molar-refractivity contribution in [3.63, 3.8) is 0 Å². The highest BCUT2D eigenvalue weighted by atomic mass is 16.2. The minimum atomic E-state index is 0.0564. The molecular weight excluding hydrogens is 312 g/mol. The van der Waals surface area contributed by atoms with Crippen molar-refractivity contribution in [2.45, 2.75) is 25.7 Å². The van der Waals surface area contributed by atoms with Crippen LogP contribution in [0.4, 0.5) is 0 Å². The highest BCUT2D eigenvalue weighted by Gasteiger charge is 2.50. The second-order valence-corrected chi connectivity index (χ2v) is 7.48. The van der Waals surface area contributed by atoms with E-state index in [0.29, 0.717) is 11.6 Å². The number of rotatable bonds is 3. The minimum absolute atomic E-state index is 0.0564. The van der Waals surface area contributed by atoms with Gasteiger partial charge in [0.2, 0.25) is 0 Å². The first kappa shape index (κ1) is 16.3. The fourth-order valence-corrected chi connectivity index (χ4v) is 4.64. The van der Waals surface area contributed by atoms with E-state index in [4.69, 9.17) is 0 Å². The Morgan fingerprint density at radius 3 is 2.80 bits per heavy atom. The Morgan fingerprint density at radius 2 is 2.12 bits per heavy atom. The lowest BCUT2D eigenvalue weighted by atomic mass is 9.68. The average Bonchev–Trinajstić information content (AvgIpc) is 3.25. The Bertz CT molecular complexity index is 756. The van der Waals surface area contributed by atoms with Crippen molar-refractivity contribution >= 4 is 5.91 Å². The second-order valence-electron chi connectivity index (χ2n) is 7.48. The van der Waals surface area contributed by atoms with Gasteiger partial charge in [-0.1, -0.05) is 37.3 Å². The molecule has 1 aromatic heterocycles. The molecule has 2 saturated heterocycles. The van der Waals surface area contributed by atoms with E-state index in [9.17, 15) is 4.79 Å². The van der Waals surface area contributed by atoms with Crippen molar-refractivity contribution in [3.8, 4) is 0 Å². The number of benzene rings is 1. The van der Waals surface area contributed by atoms with Crippen LogP contribution >= 0.6 is 0 Å². The van der Waals surface area contributed by atoms with Gasteiger partial charge >= 0.3 is 0 Å². The maximum atomic E-state index is 12.8. The zero-order valence-electron chi connectivity index (χ0n) is 15.0. The lowest BCUT2D eigenvalue weighted by Crippen LogP contribution is -2.51. The number of carbonyl (C=O) groups excluding carboxylic acids is 1. The van der Waals surface area contributed by atoms with E-state index in [-0.39, 0.29) is 11.3 Å². The van der Waals surface area contributed by atoms with Crippen molar-refractivity contribution in [1.29, 1.82) is 0 Å². The van der Waals surface area contributed by atoms with Crippen molar-refractivity contribution in [3.05, 3.63) is 53.3 Å². The quantitative estimate of drug-likeness (QED) is 0.935. The van der Waals surface area contributed by atoms with E-state index in [0.717, 1.165) is 44.8 Å². The predicted octanol–water partition coefficient (Wildman–Crippen LogP) is 2.45. The summed E-state index contributed by atoms with van der Waals surface area (Å²) in [6, 6.07) is 12.7. The molecule has 0 spiro atoms. The average molecular weight is 338 g/mol. The van der Waals surface area contributed by atoms with Gasteiger partial charge in [-0.25, -0.2) is 0 Å².